The van der Waals surface area contributed by atoms with E-state index in [1.165, 1.54) is 6.21 Å². The van der Waals surface area contributed by atoms with E-state index in [9.17, 15) is 14.7 Å². The lowest BCUT2D eigenvalue weighted by molar-refractivity contribution is -0.151. The van der Waals surface area contributed by atoms with Crippen LogP contribution < -0.4 is 5.43 Å². The second-order valence-corrected chi connectivity index (χ2v) is 9.16. The standard InChI is InChI=1S/C29H29N3O4/c33-23-14-8-7-13-22(23)19-30-31-28(34)26-24(20-9-3-1-4-10-20)27(25(26)21-11-5-2-6-12-21)29(35)32-15-17-36-18-16-32/h1-14,19,24-27,33H,15-18H2,(H,31,34)/b30-19-/t24-,25+,26?,27?. The Morgan fingerprint density at radius 2 is 1.39 bits per heavy atom. The van der Waals surface area contributed by atoms with Crippen molar-refractivity contribution in [2.45, 2.75) is 11.8 Å². The number of nitrogens with zero attached hydrogens (tertiary/aromatic N) is 2. The summed E-state index contributed by atoms with van der Waals surface area (Å²) in [5.41, 5.74) is 5.10. The minimum atomic E-state index is -0.480. The van der Waals surface area contributed by atoms with Crippen LogP contribution in [0.25, 0.3) is 0 Å². The summed E-state index contributed by atoms with van der Waals surface area (Å²) in [5.74, 6) is -1.53. The maximum Gasteiger partial charge on any atom is 0.244 e. The molecule has 3 aromatic rings. The molecule has 0 aromatic heterocycles. The lowest BCUT2D eigenvalue weighted by Gasteiger charge is -2.52. The highest BCUT2D eigenvalue weighted by atomic mass is 16.5. The van der Waals surface area contributed by atoms with Gasteiger partial charge >= 0.3 is 0 Å². The fraction of sp³-hybridized carbons (Fsp3) is 0.276. The fourth-order valence-electron chi connectivity index (χ4n) is 5.39. The molecule has 0 spiro atoms. The van der Waals surface area contributed by atoms with Gasteiger partial charge in [-0.05, 0) is 23.3 Å². The zero-order valence-corrected chi connectivity index (χ0v) is 19.9. The average molecular weight is 484 g/mol. The summed E-state index contributed by atoms with van der Waals surface area (Å²) in [7, 11) is 0. The molecular formula is C29H29N3O4. The molecule has 4 atom stereocenters. The Kier molecular flexibility index (Phi) is 7.09. The van der Waals surface area contributed by atoms with E-state index in [4.69, 9.17) is 4.74 Å². The minimum Gasteiger partial charge on any atom is -0.507 e. The molecule has 3 aromatic carbocycles. The molecule has 1 saturated heterocycles. The van der Waals surface area contributed by atoms with Crippen LogP contribution in [-0.2, 0) is 14.3 Å². The number of ether oxygens (including phenoxy) is 1. The second-order valence-electron chi connectivity index (χ2n) is 9.16. The van der Waals surface area contributed by atoms with Gasteiger partial charge in [0.25, 0.3) is 0 Å². The van der Waals surface area contributed by atoms with Crippen molar-refractivity contribution in [1.29, 1.82) is 0 Å². The lowest BCUT2D eigenvalue weighted by Crippen LogP contribution is -2.57. The normalized spacial score (nSPS) is 23.7. The van der Waals surface area contributed by atoms with E-state index >= 15 is 0 Å². The van der Waals surface area contributed by atoms with Gasteiger partial charge in [-0.2, -0.15) is 5.10 Å². The second kappa shape index (κ2) is 10.7. The Morgan fingerprint density at radius 1 is 0.833 bits per heavy atom. The molecule has 5 rings (SSSR count). The monoisotopic (exact) mass is 483 g/mol. The molecule has 1 aliphatic heterocycles. The molecule has 7 heteroatoms. The van der Waals surface area contributed by atoms with Gasteiger partial charge in [-0.3, -0.25) is 9.59 Å². The first-order chi connectivity index (χ1) is 17.6. The van der Waals surface area contributed by atoms with E-state index in [1.807, 2.05) is 65.6 Å². The number of morpholine rings is 1. The first kappa shape index (κ1) is 23.8. The molecule has 0 radical (unpaired) electrons. The van der Waals surface area contributed by atoms with Crippen LogP contribution in [-0.4, -0.2) is 54.3 Å². The number of aromatic hydroxyl groups is 1. The van der Waals surface area contributed by atoms with E-state index in [0.29, 0.717) is 31.9 Å². The van der Waals surface area contributed by atoms with Gasteiger partial charge in [-0.1, -0.05) is 72.8 Å². The van der Waals surface area contributed by atoms with Crippen LogP contribution in [0.3, 0.4) is 0 Å². The van der Waals surface area contributed by atoms with Gasteiger partial charge in [0.05, 0.1) is 31.3 Å². The highest BCUT2D eigenvalue weighted by molar-refractivity contribution is 5.91. The van der Waals surface area contributed by atoms with Gasteiger partial charge < -0.3 is 14.7 Å². The van der Waals surface area contributed by atoms with Crippen molar-refractivity contribution >= 4 is 18.0 Å². The lowest BCUT2D eigenvalue weighted by atomic mass is 9.51. The third-order valence-electron chi connectivity index (χ3n) is 7.14. The molecule has 2 aliphatic rings. The Morgan fingerprint density at radius 3 is 1.97 bits per heavy atom. The summed E-state index contributed by atoms with van der Waals surface area (Å²) in [6.07, 6.45) is 1.43. The summed E-state index contributed by atoms with van der Waals surface area (Å²) >= 11 is 0. The summed E-state index contributed by atoms with van der Waals surface area (Å²) in [4.78, 5) is 29.3. The minimum absolute atomic E-state index is 0.0581. The zero-order valence-electron chi connectivity index (χ0n) is 19.9. The molecule has 2 N–H and O–H groups in total. The Labute approximate surface area is 210 Å². The first-order valence-corrected chi connectivity index (χ1v) is 12.2. The molecule has 1 aliphatic carbocycles. The summed E-state index contributed by atoms with van der Waals surface area (Å²) in [6, 6.07) is 26.3. The Balaban J connectivity index is 1.47. The molecule has 1 saturated carbocycles. The molecule has 2 unspecified atom stereocenters. The molecule has 0 bridgehead atoms. The first-order valence-electron chi connectivity index (χ1n) is 12.2. The number of amides is 2. The number of para-hydroxylation sites is 1. The highest BCUT2D eigenvalue weighted by Crippen LogP contribution is 2.58. The number of phenols is 1. The van der Waals surface area contributed by atoms with Gasteiger partial charge in [0.1, 0.15) is 5.75 Å². The summed E-state index contributed by atoms with van der Waals surface area (Å²) < 4.78 is 5.46. The van der Waals surface area contributed by atoms with Crippen molar-refractivity contribution in [2.75, 3.05) is 26.3 Å². The van der Waals surface area contributed by atoms with E-state index in [1.54, 1.807) is 24.3 Å². The van der Waals surface area contributed by atoms with Crippen molar-refractivity contribution in [1.82, 2.24) is 10.3 Å². The molecule has 184 valence electrons. The number of benzene rings is 3. The van der Waals surface area contributed by atoms with E-state index in [2.05, 4.69) is 10.5 Å². The number of rotatable bonds is 6. The topological polar surface area (TPSA) is 91.2 Å². The molecule has 1 heterocycles. The average Bonchev–Trinajstić information content (AvgIpc) is 2.91. The van der Waals surface area contributed by atoms with Gasteiger partial charge in [0.15, 0.2) is 0 Å². The molecule has 36 heavy (non-hydrogen) atoms. The van der Waals surface area contributed by atoms with Crippen molar-refractivity contribution in [3.05, 3.63) is 102 Å². The molecule has 2 fully saturated rings. The number of nitrogens with one attached hydrogen (secondary N) is 1. The number of hydrogen-bond acceptors (Lipinski definition) is 5. The van der Waals surface area contributed by atoms with Crippen molar-refractivity contribution in [2.24, 2.45) is 16.9 Å². The van der Waals surface area contributed by atoms with Crippen LogP contribution >= 0.6 is 0 Å². The largest absolute Gasteiger partial charge is 0.507 e. The van der Waals surface area contributed by atoms with Crippen LogP contribution in [0.2, 0.25) is 0 Å². The van der Waals surface area contributed by atoms with Gasteiger partial charge in [-0.15, -0.1) is 0 Å². The van der Waals surface area contributed by atoms with Gasteiger partial charge in [-0.25, -0.2) is 5.43 Å². The predicted molar refractivity (Wildman–Crippen MR) is 137 cm³/mol. The predicted octanol–water partition coefficient (Wildman–Crippen LogP) is 3.51. The van der Waals surface area contributed by atoms with E-state index in [0.717, 1.165) is 11.1 Å². The SMILES string of the molecule is O=C(N/N=C\c1ccccc1O)C1[C@@H](c2ccccc2)C(C(=O)N2CCOCC2)[C@H]1c1ccccc1. The van der Waals surface area contributed by atoms with Crippen molar-refractivity contribution < 1.29 is 19.4 Å². The molecular weight excluding hydrogens is 454 g/mol. The van der Waals surface area contributed by atoms with Gasteiger partial charge in [0.2, 0.25) is 11.8 Å². The number of phenolic OH excluding ortho intramolecular Hbond substituents is 1. The fourth-order valence-corrected chi connectivity index (χ4v) is 5.39. The highest BCUT2D eigenvalue weighted by Gasteiger charge is 2.58. The van der Waals surface area contributed by atoms with Crippen molar-refractivity contribution in [3.63, 3.8) is 0 Å². The Bertz CT molecular complexity index is 1180. The quantitative estimate of drug-likeness (QED) is 0.415. The molecule has 2 amide bonds. The van der Waals surface area contributed by atoms with Crippen molar-refractivity contribution in [3.8, 4) is 5.75 Å². The third-order valence-corrected chi connectivity index (χ3v) is 7.14. The number of hydrazone groups is 1. The Hall–Kier alpha value is -3.97. The number of carbonyl (C=O) groups is 2. The summed E-state index contributed by atoms with van der Waals surface area (Å²) in [6.45, 7) is 2.16. The third kappa shape index (κ3) is 4.75. The van der Waals surface area contributed by atoms with Crippen LogP contribution in [0, 0.1) is 11.8 Å². The van der Waals surface area contributed by atoms with Crippen LogP contribution in [0.15, 0.2) is 90.0 Å². The number of hydrogen-bond donors (Lipinski definition) is 2. The smallest absolute Gasteiger partial charge is 0.244 e. The van der Waals surface area contributed by atoms with Crippen LogP contribution in [0.5, 0.6) is 5.75 Å². The van der Waals surface area contributed by atoms with Gasteiger partial charge in [0, 0.05) is 30.5 Å². The van der Waals surface area contributed by atoms with Crippen LogP contribution in [0.1, 0.15) is 28.5 Å². The van der Waals surface area contributed by atoms with E-state index in [-0.39, 0.29) is 35.3 Å². The zero-order chi connectivity index (χ0) is 24.9. The number of carbonyl (C=O) groups excluding carboxylic acids is 2. The van der Waals surface area contributed by atoms with Crippen LogP contribution in [0.4, 0.5) is 0 Å². The molecule has 7 nitrogen and oxygen atoms in total. The maximum atomic E-state index is 13.8. The summed E-state index contributed by atoms with van der Waals surface area (Å²) in [5, 5.41) is 14.1. The van der Waals surface area contributed by atoms with E-state index < -0.39 is 5.92 Å². The maximum absolute atomic E-state index is 13.8.